The summed E-state index contributed by atoms with van der Waals surface area (Å²) in [7, 11) is 0. The van der Waals surface area contributed by atoms with Gasteiger partial charge < -0.3 is 5.32 Å². The average Bonchev–Trinajstić information content (AvgIpc) is 3.38. The van der Waals surface area contributed by atoms with Crippen LogP contribution in [-0.4, -0.2) is 11.7 Å². The SMILES string of the molecule is N#CCCSc1ccccc1NC(=O)C1CC1c1ccccc1Cl. The van der Waals surface area contributed by atoms with Crippen molar-refractivity contribution in [3.63, 3.8) is 0 Å². The molecule has 3 nitrogen and oxygen atoms in total. The van der Waals surface area contributed by atoms with Crippen LogP contribution in [0.4, 0.5) is 5.69 Å². The minimum Gasteiger partial charge on any atom is -0.325 e. The Labute approximate surface area is 151 Å². The Morgan fingerprint density at radius 3 is 2.79 bits per heavy atom. The van der Waals surface area contributed by atoms with E-state index in [1.165, 1.54) is 0 Å². The van der Waals surface area contributed by atoms with Gasteiger partial charge in [0.2, 0.25) is 5.91 Å². The van der Waals surface area contributed by atoms with Crippen molar-refractivity contribution in [3.05, 3.63) is 59.1 Å². The summed E-state index contributed by atoms with van der Waals surface area (Å²) < 4.78 is 0. The van der Waals surface area contributed by atoms with Crippen LogP contribution in [0, 0.1) is 17.2 Å². The third-order valence-corrected chi connectivity index (χ3v) is 5.47. The summed E-state index contributed by atoms with van der Waals surface area (Å²) in [6.45, 7) is 0. The molecule has 1 fully saturated rings. The van der Waals surface area contributed by atoms with Gasteiger partial charge in [-0.05, 0) is 36.1 Å². The van der Waals surface area contributed by atoms with Crippen LogP contribution in [0.3, 0.4) is 0 Å². The molecule has 5 heteroatoms. The van der Waals surface area contributed by atoms with Crippen molar-refractivity contribution in [2.24, 2.45) is 5.92 Å². The van der Waals surface area contributed by atoms with Crippen LogP contribution in [0.25, 0.3) is 0 Å². The highest BCUT2D eigenvalue weighted by atomic mass is 35.5. The first-order chi connectivity index (χ1) is 11.7. The van der Waals surface area contributed by atoms with Crippen LogP contribution in [0.15, 0.2) is 53.4 Å². The number of nitriles is 1. The van der Waals surface area contributed by atoms with Crippen LogP contribution < -0.4 is 5.32 Å². The molecule has 2 aromatic carbocycles. The maximum atomic E-state index is 12.5. The average molecular weight is 357 g/mol. The smallest absolute Gasteiger partial charge is 0.228 e. The van der Waals surface area contributed by atoms with Gasteiger partial charge in [0.15, 0.2) is 0 Å². The van der Waals surface area contributed by atoms with E-state index < -0.39 is 0 Å². The minimum absolute atomic E-state index is 0.0259. The van der Waals surface area contributed by atoms with Gasteiger partial charge in [-0.25, -0.2) is 0 Å². The van der Waals surface area contributed by atoms with Crippen molar-refractivity contribution in [1.29, 1.82) is 5.26 Å². The fraction of sp³-hybridized carbons (Fsp3) is 0.263. The molecule has 1 N–H and O–H groups in total. The Kier molecular flexibility index (Phi) is 5.44. The lowest BCUT2D eigenvalue weighted by Crippen LogP contribution is -2.15. The molecule has 0 heterocycles. The molecule has 0 radical (unpaired) electrons. The summed E-state index contributed by atoms with van der Waals surface area (Å²) in [6, 6.07) is 17.6. The summed E-state index contributed by atoms with van der Waals surface area (Å²) in [5, 5.41) is 12.4. The van der Waals surface area contributed by atoms with Crippen LogP contribution in [0.1, 0.15) is 24.3 Å². The fourth-order valence-electron chi connectivity index (χ4n) is 2.73. The van der Waals surface area contributed by atoms with E-state index in [0.717, 1.165) is 33.3 Å². The third kappa shape index (κ3) is 3.92. The molecule has 0 spiro atoms. The van der Waals surface area contributed by atoms with E-state index in [-0.39, 0.29) is 17.7 Å². The molecule has 3 rings (SSSR count). The number of carbonyl (C=O) groups excluding carboxylic acids is 1. The lowest BCUT2D eigenvalue weighted by atomic mass is 10.1. The van der Waals surface area contributed by atoms with Crippen LogP contribution in [-0.2, 0) is 4.79 Å². The van der Waals surface area contributed by atoms with Crippen LogP contribution in [0.5, 0.6) is 0 Å². The van der Waals surface area contributed by atoms with Crippen LogP contribution >= 0.6 is 23.4 Å². The van der Waals surface area contributed by atoms with Gasteiger partial charge in [0.1, 0.15) is 0 Å². The Morgan fingerprint density at radius 2 is 2.00 bits per heavy atom. The van der Waals surface area contributed by atoms with Crippen molar-refractivity contribution in [2.75, 3.05) is 11.1 Å². The molecule has 0 saturated heterocycles. The highest BCUT2D eigenvalue weighted by Crippen LogP contribution is 2.50. The van der Waals surface area contributed by atoms with Gasteiger partial charge in [-0.15, -0.1) is 11.8 Å². The van der Waals surface area contributed by atoms with Crippen molar-refractivity contribution >= 4 is 35.0 Å². The molecule has 1 amide bonds. The number of halogens is 1. The molecule has 0 bridgehead atoms. The summed E-state index contributed by atoms with van der Waals surface area (Å²) in [5.41, 5.74) is 1.87. The normalized spacial score (nSPS) is 18.7. The van der Waals surface area contributed by atoms with E-state index >= 15 is 0 Å². The monoisotopic (exact) mass is 356 g/mol. The number of amides is 1. The van der Waals surface area contributed by atoms with E-state index in [9.17, 15) is 4.79 Å². The highest BCUT2D eigenvalue weighted by Gasteiger charge is 2.44. The number of nitrogens with one attached hydrogen (secondary N) is 1. The Balaban J connectivity index is 1.64. The van der Waals surface area contributed by atoms with Crippen LogP contribution in [0.2, 0.25) is 5.02 Å². The zero-order valence-corrected chi connectivity index (χ0v) is 14.6. The predicted molar refractivity (Wildman–Crippen MR) is 98.3 cm³/mol. The van der Waals surface area contributed by atoms with E-state index in [0.29, 0.717) is 6.42 Å². The zero-order valence-electron chi connectivity index (χ0n) is 13.0. The van der Waals surface area contributed by atoms with E-state index in [1.807, 2.05) is 48.5 Å². The molecule has 2 atom stereocenters. The molecular formula is C19H17ClN2OS. The van der Waals surface area contributed by atoms with E-state index in [1.54, 1.807) is 11.8 Å². The molecule has 1 aliphatic carbocycles. The van der Waals surface area contributed by atoms with Crippen molar-refractivity contribution < 1.29 is 4.79 Å². The maximum Gasteiger partial charge on any atom is 0.228 e. The molecule has 24 heavy (non-hydrogen) atoms. The number of para-hydroxylation sites is 1. The third-order valence-electron chi connectivity index (χ3n) is 4.05. The number of nitrogens with zero attached hydrogens (tertiary/aromatic N) is 1. The molecule has 0 aliphatic heterocycles. The summed E-state index contributed by atoms with van der Waals surface area (Å²) in [5.74, 6) is 0.933. The Bertz CT molecular complexity index is 787. The zero-order chi connectivity index (χ0) is 16.9. The number of hydrogen-bond acceptors (Lipinski definition) is 3. The number of thioether (sulfide) groups is 1. The number of hydrogen-bond donors (Lipinski definition) is 1. The predicted octanol–water partition coefficient (Wildman–Crippen LogP) is 5.09. The second-order valence-corrected chi connectivity index (χ2v) is 7.26. The summed E-state index contributed by atoms with van der Waals surface area (Å²) >= 11 is 7.81. The van der Waals surface area contributed by atoms with Gasteiger partial charge in [0, 0.05) is 28.0 Å². The lowest BCUT2D eigenvalue weighted by Gasteiger charge is -2.10. The van der Waals surface area contributed by atoms with Crippen molar-refractivity contribution in [3.8, 4) is 6.07 Å². The number of benzene rings is 2. The van der Waals surface area contributed by atoms with Gasteiger partial charge in [-0.2, -0.15) is 5.26 Å². The van der Waals surface area contributed by atoms with Crippen molar-refractivity contribution in [2.45, 2.75) is 23.7 Å². The molecule has 2 aromatic rings. The first-order valence-corrected chi connectivity index (χ1v) is 9.21. The summed E-state index contributed by atoms with van der Waals surface area (Å²) in [4.78, 5) is 13.5. The molecule has 0 aromatic heterocycles. The van der Waals surface area contributed by atoms with Gasteiger partial charge in [0.05, 0.1) is 11.8 Å². The molecule has 2 unspecified atom stereocenters. The summed E-state index contributed by atoms with van der Waals surface area (Å²) in [6.07, 6.45) is 1.32. The Morgan fingerprint density at radius 1 is 1.25 bits per heavy atom. The van der Waals surface area contributed by atoms with Gasteiger partial charge in [-0.3, -0.25) is 4.79 Å². The van der Waals surface area contributed by atoms with Gasteiger partial charge >= 0.3 is 0 Å². The standard InChI is InChI=1S/C19H17ClN2OS/c20-16-7-2-1-6-13(16)14-12-15(14)19(23)22-17-8-3-4-9-18(17)24-11-5-10-21/h1-4,6-9,14-15H,5,11-12H2,(H,22,23). The largest absolute Gasteiger partial charge is 0.325 e. The lowest BCUT2D eigenvalue weighted by molar-refractivity contribution is -0.117. The molecular weight excluding hydrogens is 340 g/mol. The second kappa shape index (κ2) is 7.74. The topological polar surface area (TPSA) is 52.9 Å². The van der Waals surface area contributed by atoms with Gasteiger partial charge in [0.25, 0.3) is 0 Å². The van der Waals surface area contributed by atoms with Crippen molar-refractivity contribution in [1.82, 2.24) is 0 Å². The van der Waals surface area contributed by atoms with E-state index in [4.69, 9.17) is 16.9 Å². The molecule has 1 aliphatic rings. The highest BCUT2D eigenvalue weighted by molar-refractivity contribution is 7.99. The molecule has 122 valence electrons. The maximum absolute atomic E-state index is 12.5. The second-order valence-electron chi connectivity index (χ2n) is 5.71. The first-order valence-electron chi connectivity index (χ1n) is 7.84. The Hall–Kier alpha value is -1.96. The molecule has 1 saturated carbocycles. The number of carbonyl (C=O) groups is 1. The van der Waals surface area contributed by atoms with E-state index in [2.05, 4.69) is 11.4 Å². The number of anilines is 1. The minimum atomic E-state index is -0.0259. The number of rotatable bonds is 6. The first kappa shape index (κ1) is 16.9. The van der Waals surface area contributed by atoms with Gasteiger partial charge in [-0.1, -0.05) is 41.9 Å². The quantitative estimate of drug-likeness (QED) is 0.579. The fourth-order valence-corrected chi connectivity index (χ4v) is 3.87.